The lowest BCUT2D eigenvalue weighted by Gasteiger charge is -2.33. The van der Waals surface area contributed by atoms with Crippen molar-refractivity contribution in [3.8, 4) is 0 Å². The maximum atomic E-state index is 12.4. The van der Waals surface area contributed by atoms with Crippen LogP contribution in [0.2, 0.25) is 0 Å². The summed E-state index contributed by atoms with van der Waals surface area (Å²) in [4.78, 5) is 37.7. The number of rotatable bonds is 5. The highest BCUT2D eigenvalue weighted by atomic mass is 16.5. The molecule has 1 saturated heterocycles. The molecular formula is C18H25N3O4. The number of hydrogen-bond donors (Lipinski definition) is 1. The molecule has 2 amide bonds. The molecule has 2 aliphatic rings. The largest absolute Gasteiger partial charge is 0.452 e. The second-order valence-corrected chi connectivity index (χ2v) is 6.96. The van der Waals surface area contributed by atoms with Gasteiger partial charge in [-0.3, -0.25) is 9.59 Å². The minimum absolute atomic E-state index is 0.365. The van der Waals surface area contributed by atoms with Gasteiger partial charge in [0.05, 0.1) is 5.56 Å². The molecule has 1 atom stereocenters. The fourth-order valence-corrected chi connectivity index (χ4v) is 3.69. The van der Waals surface area contributed by atoms with Crippen LogP contribution >= 0.6 is 0 Å². The average molecular weight is 347 g/mol. The Bertz CT molecular complexity index is 705. The first-order chi connectivity index (χ1) is 11.9. The number of likely N-dealkylation sites (tertiary alicyclic amines) is 1. The molecule has 0 aromatic carbocycles. The molecular weight excluding hydrogens is 322 g/mol. The number of nitrogens with two attached hydrogens (primary N) is 1. The van der Waals surface area contributed by atoms with E-state index < -0.39 is 17.9 Å². The lowest BCUT2D eigenvalue weighted by Crippen LogP contribution is -2.51. The fourth-order valence-electron chi connectivity index (χ4n) is 3.69. The van der Waals surface area contributed by atoms with Crippen LogP contribution in [0, 0.1) is 13.8 Å². The Morgan fingerprint density at radius 2 is 1.92 bits per heavy atom. The number of ether oxygens (including phenoxy) is 1. The molecule has 0 spiro atoms. The molecule has 1 aliphatic heterocycles. The topological polar surface area (TPSA) is 94.6 Å². The highest BCUT2D eigenvalue weighted by Crippen LogP contribution is 2.38. The van der Waals surface area contributed by atoms with Gasteiger partial charge < -0.3 is 19.9 Å². The average Bonchev–Trinajstić information content (AvgIpc) is 3.37. The molecule has 1 aromatic heterocycles. The van der Waals surface area contributed by atoms with Crippen LogP contribution in [-0.2, 0) is 14.3 Å². The third-order valence-corrected chi connectivity index (χ3v) is 5.09. The Morgan fingerprint density at radius 3 is 2.56 bits per heavy atom. The Labute approximate surface area is 147 Å². The van der Waals surface area contributed by atoms with E-state index in [2.05, 4.69) is 4.57 Å². The third-order valence-electron chi connectivity index (χ3n) is 5.09. The van der Waals surface area contributed by atoms with Crippen LogP contribution in [0.25, 0.3) is 0 Å². The molecule has 25 heavy (non-hydrogen) atoms. The fraction of sp³-hybridized carbons (Fsp3) is 0.611. The molecule has 7 nitrogen and oxygen atoms in total. The van der Waals surface area contributed by atoms with E-state index in [9.17, 15) is 14.4 Å². The van der Waals surface area contributed by atoms with Gasteiger partial charge in [-0.25, -0.2) is 4.79 Å². The monoisotopic (exact) mass is 347 g/mol. The van der Waals surface area contributed by atoms with Gasteiger partial charge >= 0.3 is 5.97 Å². The van der Waals surface area contributed by atoms with Crippen molar-refractivity contribution in [2.24, 2.45) is 5.73 Å². The van der Waals surface area contributed by atoms with E-state index in [1.165, 1.54) is 4.90 Å². The summed E-state index contributed by atoms with van der Waals surface area (Å²) >= 11 is 0. The summed E-state index contributed by atoms with van der Waals surface area (Å²) < 4.78 is 7.38. The summed E-state index contributed by atoms with van der Waals surface area (Å²) in [6.45, 7) is 3.98. The molecule has 1 saturated carbocycles. The molecule has 136 valence electrons. The maximum Gasteiger partial charge on any atom is 0.340 e. The molecule has 2 N–H and O–H groups in total. The number of aryl methyl sites for hydroxylation is 1. The van der Waals surface area contributed by atoms with Crippen LogP contribution in [0.3, 0.4) is 0 Å². The van der Waals surface area contributed by atoms with Gasteiger partial charge in [-0.05, 0) is 52.0 Å². The summed E-state index contributed by atoms with van der Waals surface area (Å²) in [6, 6.07) is 1.70. The Balaban J connectivity index is 1.63. The van der Waals surface area contributed by atoms with Gasteiger partial charge in [0.1, 0.15) is 6.04 Å². The molecule has 3 rings (SSSR count). The zero-order valence-electron chi connectivity index (χ0n) is 14.8. The second-order valence-electron chi connectivity index (χ2n) is 6.96. The van der Waals surface area contributed by atoms with Gasteiger partial charge in [-0.15, -0.1) is 0 Å². The molecule has 0 radical (unpaired) electrons. The van der Waals surface area contributed by atoms with Crippen molar-refractivity contribution in [2.75, 3.05) is 13.2 Å². The number of carbonyl (C=O) groups is 3. The Morgan fingerprint density at radius 1 is 1.20 bits per heavy atom. The second kappa shape index (κ2) is 6.90. The summed E-state index contributed by atoms with van der Waals surface area (Å²) in [5.74, 6) is -1.37. The Kier molecular flexibility index (Phi) is 4.83. The van der Waals surface area contributed by atoms with Crippen LogP contribution in [0.1, 0.15) is 59.9 Å². The van der Waals surface area contributed by atoms with Crippen molar-refractivity contribution < 1.29 is 19.1 Å². The number of amides is 2. The molecule has 2 heterocycles. The number of piperidine rings is 1. The summed E-state index contributed by atoms with van der Waals surface area (Å²) in [5.41, 5.74) is 7.79. The van der Waals surface area contributed by atoms with Crippen molar-refractivity contribution >= 4 is 17.8 Å². The van der Waals surface area contributed by atoms with Crippen LogP contribution in [0.5, 0.6) is 0 Å². The van der Waals surface area contributed by atoms with E-state index in [4.69, 9.17) is 10.5 Å². The van der Waals surface area contributed by atoms with Crippen LogP contribution in [-0.4, -0.2) is 46.4 Å². The molecule has 1 aliphatic carbocycles. The first kappa shape index (κ1) is 17.5. The first-order valence-corrected chi connectivity index (χ1v) is 8.84. The summed E-state index contributed by atoms with van der Waals surface area (Å²) in [6.07, 6.45) is 4.52. The van der Waals surface area contributed by atoms with E-state index in [1.54, 1.807) is 0 Å². The highest BCUT2D eigenvalue weighted by Gasteiger charge is 2.32. The van der Waals surface area contributed by atoms with Gasteiger partial charge in [-0.1, -0.05) is 0 Å². The minimum atomic E-state index is -0.597. The van der Waals surface area contributed by atoms with Crippen LogP contribution in [0.4, 0.5) is 0 Å². The predicted octanol–water partition coefficient (Wildman–Crippen LogP) is 1.46. The van der Waals surface area contributed by atoms with E-state index in [1.807, 2.05) is 19.9 Å². The van der Waals surface area contributed by atoms with E-state index in [0.717, 1.165) is 37.1 Å². The van der Waals surface area contributed by atoms with Crippen molar-refractivity contribution in [3.63, 3.8) is 0 Å². The number of esters is 1. The zero-order chi connectivity index (χ0) is 18.1. The number of nitrogens with zero attached hydrogens (tertiary/aromatic N) is 2. The van der Waals surface area contributed by atoms with Crippen molar-refractivity contribution in [2.45, 2.75) is 58.0 Å². The molecule has 0 unspecified atom stereocenters. The zero-order valence-corrected chi connectivity index (χ0v) is 14.8. The van der Waals surface area contributed by atoms with Crippen molar-refractivity contribution in [1.82, 2.24) is 9.47 Å². The number of hydrogen-bond acceptors (Lipinski definition) is 4. The van der Waals surface area contributed by atoms with Gasteiger partial charge in [0.15, 0.2) is 6.61 Å². The molecule has 1 aromatic rings. The van der Waals surface area contributed by atoms with E-state index in [0.29, 0.717) is 24.6 Å². The van der Waals surface area contributed by atoms with Crippen molar-refractivity contribution in [3.05, 3.63) is 23.0 Å². The predicted molar refractivity (Wildman–Crippen MR) is 91.0 cm³/mol. The molecule has 7 heteroatoms. The number of primary amides is 1. The van der Waals surface area contributed by atoms with Gasteiger partial charge in [0.25, 0.3) is 5.91 Å². The smallest absolute Gasteiger partial charge is 0.340 e. The molecule has 2 fully saturated rings. The molecule has 0 bridgehead atoms. The first-order valence-electron chi connectivity index (χ1n) is 8.84. The van der Waals surface area contributed by atoms with Crippen LogP contribution < -0.4 is 5.73 Å². The number of carbonyl (C=O) groups excluding carboxylic acids is 3. The quantitative estimate of drug-likeness (QED) is 0.816. The van der Waals surface area contributed by atoms with Gasteiger partial charge in [0, 0.05) is 24.0 Å². The SMILES string of the molecule is Cc1cc(C(=O)OCC(=O)N2CCCC[C@H]2C(N)=O)c(C)n1C1CC1. The van der Waals surface area contributed by atoms with E-state index >= 15 is 0 Å². The van der Waals surface area contributed by atoms with E-state index in [-0.39, 0.29) is 12.5 Å². The normalized spacial score (nSPS) is 20.4. The van der Waals surface area contributed by atoms with Gasteiger partial charge in [0.2, 0.25) is 5.91 Å². The number of aromatic nitrogens is 1. The van der Waals surface area contributed by atoms with Crippen molar-refractivity contribution in [1.29, 1.82) is 0 Å². The minimum Gasteiger partial charge on any atom is -0.452 e. The van der Waals surface area contributed by atoms with Crippen LogP contribution in [0.15, 0.2) is 6.07 Å². The summed E-state index contributed by atoms with van der Waals surface area (Å²) in [7, 11) is 0. The van der Waals surface area contributed by atoms with Gasteiger partial charge in [-0.2, -0.15) is 0 Å². The Hall–Kier alpha value is -2.31. The maximum absolute atomic E-state index is 12.4. The highest BCUT2D eigenvalue weighted by molar-refractivity contribution is 5.93. The lowest BCUT2D eigenvalue weighted by atomic mass is 10.0. The summed E-state index contributed by atoms with van der Waals surface area (Å²) in [5, 5.41) is 0. The third kappa shape index (κ3) is 3.55. The standard InChI is InChI=1S/C18H25N3O4/c1-11-9-14(12(2)21(11)13-6-7-13)18(24)25-10-16(22)20-8-4-3-5-15(20)17(19)23/h9,13,15H,3-8,10H2,1-2H3,(H2,19,23)/t15-/m0/s1. The lowest BCUT2D eigenvalue weighted by molar-refractivity contribution is -0.143.